The first-order valence-electron chi connectivity index (χ1n) is 11.2. The van der Waals surface area contributed by atoms with Gasteiger partial charge in [-0.3, -0.25) is 4.57 Å². The maximum atomic E-state index is 13.5. The summed E-state index contributed by atoms with van der Waals surface area (Å²) in [7, 11) is -0.765. The number of benzene rings is 1. The second-order valence-electron chi connectivity index (χ2n) is 8.06. The smallest absolute Gasteiger partial charge is 0.204 e. The average molecular weight is 516 g/mol. The Labute approximate surface area is 208 Å². The molecule has 3 aromatic heterocycles. The molecular weight excluding hydrogens is 489 g/mol. The van der Waals surface area contributed by atoms with E-state index in [1.807, 2.05) is 0 Å². The minimum atomic E-state index is -3.78. The maximum absolute atomic E-state index is 13.5. The number of rotatable bonds is 10. The molecule has 4 aromatic rings. The number of furan rings is 1. The molecule has 0 bridgehead atoms. The number of aromatic nitrogens is 5. The molecule has 0 unspecified atom stereocenters. The van der Waals surface area contributed by atoms with Crippen LogP contribution >= 0.6 is 0 Å². The average Bonchev–Trinajstić information content (AvgIpc) is 3.48. The molecule has 0 aliphatic carbocycles. The minimum Gasteiger partial charge on any atom is -0.494 e. The van der Waals surface area contributed by atoms with E-state index in [2.05, 4.69) is 20.2 Å². The van der Waals surface area contributed by atoms with E-state index in [0.29, 0.717) is 41.0 Å². The number of ether oxygens (including phenoxy) is 2. The summed E-state index contributed by atoms with van der Waals surface area (Å²) in [5.41, 5.74) is 0.441. The summed E-state index contributed by atoms with van der Waals surface area (Å²) in [5, 5.41) is 7.68. The predicted molar refractivity (Wildman–Crippen MR) is 129 cm³/mol. The summed E-state index contributed by atoms with van der Waals surface area (Å²) in [5.74, 6) is 1.61. The Kier molecular flexibility index (Phi) is 7.34. The van der Waals surface area contributed by atoms with Crippen molar-refractivity contribution in [1.82, 2.24) is 24.7 Å². The number of hydrogen-bond donors (Lipinski definition) is 0. The first-order valence-corrected chi connectivity index (χ1v) is 12.9. The van der Waals surface area contributed by atoms with Crippen molar-refractivity contribution >= 4 is 9.84 Å². The number of para-hydroxylation sites is 1. The Balaban J connectivity index is 1.81. The fraction of sp³-hybridized carbons (Fsp3) is 0.333. The second kappa shape index (κ2) is 10.4. The molecule has 12 heteroatoms. The maximum Gasteiger partial charge on any atom is 0.204 e. The van der Waals surface area contributed by atoms with Gasteiger partial charge in [-0.1, -0.05) is 13.0 Å². The van der Waals surface area contributed by atoms with Crippen LogP contribution in [0.1, 0.15) is 30.8 Å². The van der Waals surface area contributed by atoms with Crippen LogP contribution < -0.4 is 9.47 Å². The molecule has 190 valence electrons. The van der Waals surface area contributed by atoms with Crippen molar-refractivity contribution in [3.8, 4) is 28.8 Å². The lowest BCUT2D eigenvalue weighted by Crippen LogP contribution is -2.27. The zero-order chi connectivity index (χ0) is 25.9. The van der Waals surface area contributed by atoms with Crippen molar-refractivity contribution in [1.29, 1.82) is 0 Å². The summed E-state index contributed by atoms with van der Waals surface area (Å²) >= 11 is 0. The lowest BCUT2D eigenvalue weighted by Gasteiger charge is -2.18. The number of sulfone groups is 1. The van der Waals surface area contributed by atoms with E-state index in [9.17, 15) is 12.8 Å². The van der Waals surface area contributed by atoms with E-state index in [0.717, 1.165) is 12.4 Å². The molecule has 1 atom stereocenters. The third-order valence-corrected chi connectivity index (χ3v) is 7.87. The van der Waals surface area contributed by atoms with Gasteiger partial charge in [-0.2, -0.15) is 0 Å². The number of halogens is 1. The monoisotopic (exact) mass is 515 g/mol. The molecule has 0 radical (unpaired) electrons. The van der Waals surface area contributed by atoms with E-state index in [1.54, 1.807) is 48.7 Å². The van der Waals surface area contributed by atoms with Crippen LogP contribution in [0, 0.1) is 12.7 Å². The molecule has 0 saturated heterocycles. The van der Waals surface area contributed by atoms with Crippen LogP contribution in [0.5, 0.6) is 11.5 Å². The molecule has 1 aromatic carbocycles. The Bertz CT molecular complexity index is 1430. The van der Waals surface area contributed by atoms with Crippen LogP contribution in [0.3, 0.4) is 0 Å². The van der Waals surface area contributed by atoms with Crippen molar-refractivity contribution in [2.45, 2.75) is 37.7 Å². The second-order valence-corrected chi connectivity index (χ2v) is 10.3. The summed E-state index contributed by atoms with van der Waals surface area (Å²) in [6, 6.07) is 8.73. The molecule has 10 nitrogen and oxygen atoms in total. The van der Waals surface area contributed by atoms with Gasteiger partial charge in [-0.05, 0) is 37.6 Å². The number of nitrogens with zero attached hydrogens (tertiary/aromatic N) is 5. The minimum absolute atomic E-state index is 0.0372. The number of methoxy groups -OCH3 is 2. The first-order chi connectivity index (χ1) is 17.3. The highest BCUT2D eigenvalue weighted by atomic mass is 32.2. The van der Waals surface area contributed by atoms with Gasteiger partial charge in [0.15, 0.2) is 27.2 Å². The molecule has 0 fully saturated rings. The topological polar surface area (TPSA) is 122 Å². The van der Waals surface area contributed by atoms with Crippen LogP contribution in [0.15, 0.2) is 47.1 Å². The SMILES string of the molecule is CC[C@@H](Cc1ncc(F)cn1)S(=O)(=O)Cc1nnc(-c2ccc(C)o2)n1-c1c(OC)cccc1OC. The molecule has 0 aliphatic rings. The fourth-order valence-electron chi connectivity index (χ4n) is 3.88. The quantitative estimate of drug-likeness (QED) is 0.311. The van der Waals surface area contributed by atoms with Crippen LogP contribution in [0.2, 0.25) is 0 Å². The van der Waals surface area contributed by atoms with E-state index in [-0.39, 0.29) is 18.1 Å². The molecule has 0 N–H and O–H groups in total. The molecule has 0 aliphatic heterocycles. The van der Waals surface area contributed by atoms with Gasteiger partial charge in [0.2, 0.25) is 5.82 Å². The molecule has 0 spiro atoms. The van der Waals surface area contributed by atoms with Crippen molar-refractivity contribution in [3.05, 3.63) is 66.0 Å². The van der Waals surface area contributed by atoms with Gasteiger partial charge in [0.25, 0.3) is 0 Å². The third kappa shape index (κ3) is 5.08. The Morgan fingerprint density at radius 3 is 2.28 bits per heavy atom. The zero-order valence-corrected chi connectivity index (χ0v) is 21.1. The van der Waals surface area contributed by atoms with Gasteiger partial charge in [0.05, 0.1) is 31.9 Å². The van der Waals surface area contributed by atoms with Crippen LogP contribution in [0.25, 0.3) is 17.3 Å². The van der Waals surface area contributed by atoms with Crippen LogP contribution in [-0.2, 0) is 22.0 Å². The normalized spacial score (nSPS) is 12.5. The lowest BCUT2D eigenvalue weighted by molar-refractivity contribution is 0.390. The van der Waals surface area contributed by atoms with Gasteiger partial charge in [-0.15, -0.1) is 10.2 Å². The highest BCUT2D eigenvalue weighted by Crippen LogP contribution is 2.37. The zero-order valence-electron chi connectivity index (χ0n) is 20.3. The largest absolute Gasteiger partial charge is 0.494 e. The van der Waals surface area contributed by atoms with Gasteiger partial charge in [-0.25, -0.2) is 22.8 Å². The summed E-state index contributed by atoms with van der Waals surface area (Å²) < 4.78 is 58.8. The highest BCUT2D eigenvalue weighted by Gasteiger charge is 2.31. The van der Waals surface area contributed by atoms with E-state index in [4.69, 9.17) is 13.9 Å². The first kappa shape index (κ1) is 25.3. The van der Waals surface area contributed by atoms with Gasteiger partial charge in [0.1, 0.15) is 34.5 Å². The van der Waals surface area contributed by atoms with Crippen molar-refractivity contribution < 1.29 is 26.7 Å². The Hall–Kier alpha value is -3.80. The lowest BCUT2D eigenvalue weighted by atomic mass is 10.2. The molecule has 36 heavy (non-hydrogen) atoms. The molecule has 4 rings (SSSR count). The van der Waals surface area contributed by atoms with E-state index in [1.165, 1.54) is 14.2 Å². The van der Waals surface area contributed by atoms with E-state index >= 15 is 0 Å². The number of hydrogen-bond acceptors (Lipinski definition) is 9. The van der Waals surface area contributed by atoms with Crippen molar-refractivity contribution in [2.24, 2.45) is 0 Å². The van der Waals surface area contributed by atoms with Gasteiger partial charge in [0, 0.05) is 6.42 Å². The van der Waals surface area contributed by atoms with Gasteiger partial charge >= 0.3 is 0 Å². The molecule has 0 saturated carbocycles. The van der Waals surface area contributed by atoms with Crippen LogP contribution in [-0.4, -0.2) is 52.6 Å². The van der Waals surface area contributed by atoms with Crippen molar-refractivity contribution in [2.75, 3.05) is 14.2 Å². The summed E-state index contributed by atoms with van der Waals surface area (Å²) in [6.45, 7) is 3.55. The highest BCUT2D eigenvalue weighted by molar-refractivity contribution is 7.91. The summed E-state index contributed by atoms with van der Waals surface area (Å²) in [6.07, 6.45) is 2.38. The van der Waals surface area contributed by atoms with Crippen molar-refractivity contribution in [3.63, 3.8) is 0 Å². The molecule has 3 heterocycles. The predicted octanol–water partition coefficient (Wildman–Crippen LogP) is 3.72. The Morgan fingerprint density at radius 1 is 1.06 bits per heavy atom. The fourth-order valence-corrected chi connectivity index (χ4v) is 5.58. The van der Waals surface area contributed by atoms with Crippen LogP contribution in [0.4, 0.5) is 4.39 Å². The van der Waals surface area contributed by atoms with Gasteiger partial charge < -0.3 is 13.9 Å². The number of aryl methyl sites for hydroxylation is 1. The summed E-state index contributed by atoms with van der Waals surface area (Å²) in [4.78, 5) is 7.83. The Morgan fingerprint density at radius 2 is 1.72 bits per heavy atom. The third-order valence-electron chi connectivity index (χ3n) is 5.69. The molecular formula is C24H26FN5O5S. The van der Waals surface area contributed by atoms with E-state index < -0.39 is 26.7 Å². The standard InChI is InChI=1S/C24H26FN5O5S/c1-5-17(11-21-26-12-16(25)13-27-21)36(31,32)14-22-28-29-24(20-10-9-15(2)35-20)30(22)23-18(33-3)7-6-8-19(23)34-4/h6-10,12-13,17H,5,11,14H2,1-4H3/t17-/m0/s1. The molecule has 0 amide bonds.